The number of halogens is 1. The zero-order chi connectivity index (χ0) is 14.5. The summed E-state index contributed by atoms with van der Waals surface area (Å²) < 4.78 is 13.7. The van der Waals surface area contributed by atoms with Crippen molar-refractivity contribution < 1.29 is 14.3 Å². The van der Waals surface area contributed by atoms with Crippen molar-refractivity contribution in [2.24, 2.45) is 0 Å². The van der Waals surface area contributed by atoms with Gasteiger partial charge in [-0.05, 0) is 43.3 Å². The van der Waals surface area contributed by atoms with Crippen LogP contribution in [-0.4, -0.2) is 24.0 Å². The van der Waals surface area contributed by atoms with Gasteiger partial charge in [-0.1, -0.05) is 12.1 Å². The maximum absolute atomic E-state index is 13.7. The van der Waals surface area contributed by atoms with E-state index in [-0.39, 0.29) is 23.9 Å². The molecule has 0 amide bonds. The van der Waals surface area contributed by atoms with Gasteiger partial charge < -0.3 is 10.0 Å². The molecular weight excluding hydrogens is 257 g/mol. The standard InChI is InChI=1S/C16H16FNO2/c1-2-18(15-6-4-3-5-14(15)17)11-16(20)12-7-9-13(19)10-8-12/h3-10,19H,2,11H2,1H3. The van der Waals surface area contributed by atoms with E-state index in [1.807, 2.05) is 6.92 Å². The fourth-order valence-electron chi connectivity index (χ4n) is 1.99. The largest absolute Gasteiger partial charge is 0.508 e. The minimum Gasteiger partial charge on any atom is -0.508 e. The van der Waals surface area contributed by atoms with Crippen molar-refractivity contribution >= 4 is 11.5 Å². The van der Waals surface area contributed by atoms with Gasteiger partial charge in [0, 0.05) is 12.1 Å². The number of likely N-dealkylation sites (N-methyl/N-ethyl adjacent to an activating group) is 1. The van der Waals surface area contributed by atoms with Crippen LogP contribution < -0.4 is 4.90 Å². The second kappa shape index (κ2) is 6.19. The van der Waals surface area contributed by atoms with Crippen LogP contribution in [0.3, 0.4) is 0 Å². The Morgan fingerprint density at radius 1 is 1.15 bits per heavy atom. The summed E-state index contributed by atoms with van der Waals surface area (Å²) in [4.78, 5) is 13.8. The van der Waals surface area contributed by atoms with Crippen LogP contribution in [0.4, 0.5) is 10.1 Å². The third-order valence-electron chi connectivity index (χ3n) is 3.10. The average Bonchev–Trinajstić information content (AvgIpc) is 2.46. The summed E-state index contributed by atoms with van der Waals surface area (Å²) in [5, 5.41) is 9.21. The van der Waals surface area contributed by atoms with Gasteiger partial charge in [-0.15, -0.1) is 0 Å². The molecule has 0 aliphatic carbocycles. The van der Waals surface area contributed by atoms with Gasteiger partial charge in [0.15, 0.2) is 5.78 Å². The number of aromatic hydroxyl groups is 1. The maximum Gasteiger partial charge on any atom is 0.182 e. The molecule has 3 nitrogen and oxygen atoms in total. The van der Waals surface area contributed by atoms with E-state index in [0.29, 0.717) is 17.8 Å². The Morgan fingerprint density at radius 2 is 1.80 bits per heavy atom. The third-order valence-corrected chi connectivity index (χ3v) is 3.10. The van der Waals surface area contributed by atoms with Crippen molar-refractivity contribution in [2.75, 3.05) is 18.0 Å². The molecule has 0 aliphatic rings. The Morgan fingerprint density at radius 3 is 2.40 bits per heavy atom. The number of carbonyl (C=O) groups is 1. The van der Waals surface area contributed by atoms with Crippen molar-refractivity contribution in [2.45, 2.75) is 6.92 Å². The van der Waals surface area contributed by atoms with Gasteiger partial charge in [0.05, 0.1) is 12.2 Å². The lowest BCUT2D eigenvalue weighted by Gasteiger charge is -2.22. The van der Waals surface area contributed by atoms with Gasteiger partial charge >= 0.3 is 0 Å². The van der Waals surface area contributed by atoms with E-state index in [0.717, 1.165) is 0 Å². The highest BCUT2D eigenvalue weighted by molar-refractivity contribution is 5.99. The molecule has 0 bridgehead atoms. The zero-order valence-electron chi connectivity index (χ0n) is 11.2. The predicted octanol–water partition coefficient (Wildman–Crippen LogP) is 3.24. The molecule has 0 aromatic heterocycles. The van der Waals surface area contributed by atoms with Crippen LogP contribution in [0.25, 0.3) is 0 Å². The first kappa shape index (κ1) is 14.1. The highest BCUT2D eigenvalue weighted by Gasteiger charge is 2.14. The fourth-order valence-corrected chi connectivity index (χ4v) is 1.99. The molecule has 0 atom stereocenters. The third kappa shape index (κ3) is 3.15. The molecule has 104 valence electrons. The first-order chi connectivity index (χ1) is 9.61. The zero-order valence-corrected chi connectivity index (χ0v) is 11.2. The van der Waals surface area contributed by atoms with E-state index < -0.39 is 0 Å². The van der Waals surface area contributed by atoms with Gasteiger partial charge in [0.1, 0.15) is 11.6 Å². The summed E-state index contributed by atoms with van der Waals surface area (Å²) in [6, 6.07) is 12.4. The summed E-state index contributed by atoms with van der Waals surface area (Å²) in [6.45, 7) is 2.50. The number of anilines is 1. The number of para-hydroxylation sites is 1. The van der Waals surface area contributed by atoms with Gasteiger partial charge in [-0.2, -0.15) is 0 Å². The summed E-state index contributed by atoms with van der Waals surface area (Å²) in [7, 11) is 0. The topological polar surface area (TPSA) is 40.5 Å². The van der Waals surface area contributed by atoms with Gasteiger partial charge in [0.25, 0.3) is 0 Å². The summed E-state index contributed by atoms with van der Waals surface area (Å²) >= 11 is 0. The van der Waals surface area contributed by atoms with Gasteiger partial charge in [-0.3, -0.25) is 4.79 Å². The summed E-state index contributed by atoms with van der Waals surface area (Å²) in [5.41, 5.74) is 0.916. The van der Waals surface area contributed by atoms with Crippen LogP contribution >= 0.6 is 0 Å². The highest BCUT2D eigenvalue weighted by atomic mass is 19.1. The van der Waals surface area contributed by atoms with Gasteiger partial charge in [0.2, 0.25) is 0 Å². The summed E-state index contributed by atoms with van der Waals surface area (Å²) in [6.07, 6.45) is 0. The Bertz CT molecular complexity index is 596. The van der Waals surface area contributed by atoms with Crippen molar-refractivity contribution in [3.05, 3.63) is 59.9 Å². The second-order valence-electron chi connectivity index (χ2n) is 4.44. The minimum atomic E-state index is -0.340. The van der Waals surface area contributed by atoms with E-state index in [4.69, 9.17) is 0 Å². The summed E-state index contributed by atoms with van der Waals surface area (Å²) in [5.74, 6) is -0.342. The SMILES string of the molecule is CCN(CC(=O)c1ccc(O)cc1)c1ccccc1F. The minimum absolute atomic E-state index is 0.0994. The maximum atomic E-state index is 13.7. The second-order valence-corrected chi connectivity index (χ2v) is 4.44. The Hall–Kier alpha value is -2.36. The Labute approximate surface area is 117 Å². The number of ketones is 1. The van der Waals surface area contributed by atoms with E-state index in [2.05, 4.69) is 0 Å². The molecule has 0 radical (unpaired) electrons. The lowest BCUT2D eigenvalue weighted by molar-refractivity contribution is 0.0999. The number of hydrogen-bond donors (Lipinski definition) is 1. The first-order valence-corrected chi connectivity index (χ1v) is 6.43. The monoisotopic (exact) mass is 273 g/mol. The molecule has 0 aliphatic heterocycles. The number of benzene rings is 2. The normalized spacial score (nSPS) is 10.3. The van der Waals surface area contributed by atoms with Crippen molar-refractivity contribution in [1.82, 2.24) is 0 Å². The number of hydrogen-bond acceptors (Lipinski definition) is 3. The van der Waals surface area contributed by atoms with Crippen LogP contribution in [0.2, 0.25) is 0 Å². The number of phenols is 1. The van der Waals surface area contributed by atoms with Crippen molar-refractivity contribution in [1.29, 1.82) is 0 Å². The van der Waals surface area contributed by atoms with Crippen LogP contribution in [0.5, 0.6) is 5.75 Å². The molecule has 1 N–H and O–H groups in total. The lowest BCUT2D eigenvalue weighted by atomic mass is 10.1. The molecule has 2 aromatic rings. The molecule has 2 aromatic carbocycles. The van der Waals surface area contributed by atoms with E-state index in [1.165, 1.54) is 18.2 Å². The van der Waals surface area contributed by atoms with Crippen LogP contribution in [0.15, 0.2) is 48.5 Å². The number of rotatable bonds is 5. The van der Waals surface area contributed by atoms with E-state index in [1.54, 1.807) is 35.2 Å². The molecule has 4 heteroatoms. The van der Waals surface area contributed by atoms with Crippen molar-refractivity contribution in [3.8, 4) is 5.75 Å². The van der Waals surface area contributed by atoms with Gasteiger partial charge in [-0.25, -0.2) is 4.39 Å². The Kier molecular flexibility index (Phi) is 4.35. The molecule has 2 rings (SSSR count). The van der Waals surface area contributed by atoms with E-state index >= 15 is 0 Å². The smallest absolute Gasteiger partial charge is 0.182 e. The average molecular weight is 273 g/mol. The molecule has 0 saturated heterocycles. The van der Waals surface area contributed by atoms with Crippen molar-refractivity contribution in [3.63, 3.8) is 0 Å². The molecule has 0 heterocycles. The lowest BCUT2D eigenvalue weighted by Crippen LogP contribution is -2.30. The number of nitrogens with zero attached hydrogens (tertiary/aromatic N) is 1. The Balaban J connectivity index is 2.16. The number of carbonyl (C=O) groups excluding carboxylic acids is 1. The predicted molar refractivity (Wildman–Crippen MR) is 76.7 cm³/mol. The first-order valence-electron chi connectivity index (χ1n) is 6.43. The number of Topliss-reactive ketones (excluding diaryl/α,β-unsaturated/α-hetero) is 1. The van der Waals surface area contributed by atoms with Crippen LogP contribution in [-0.2, 0) is 0 Å². The quantitative estimate of drug-likeness (QED) is 0.850. The molecule has 20 heavy (non-hydrogen) atoms. The van der Waals surface area contributed by atoms with E-state index in [9.17, 15) is 14.3 Å². The highest BCUT2D eigenvalue weighted by Crippen LogP contribution is 2.19. The molecule has 0 spiro atoms. The molecular formula is C16H16FNO2. The molecule has 0 unspecified atom stereocenters. The van der Waals surface area contributed by atoms with Crippen LogP contribution in [0, 0.1) is 5.82 Å². The number of phenolic OH excluding ortho intramolecular Hbond substituents is 1. The van der Waals surface area contributed by atoms with Crippen LogP contribution in [0.1, 0.15) is 17.3 Å². The fraction of sp³-hybridized carbons (Fsp3) is 0.188. The molecule has 0 fully saturated rings. The molecule has 0 saturated carbocycles.